The number of alkyl halides is 2. The molecule has 0 atom stereocenters. The Bertz CT molecular complexity index is 1640. The van der Waals surface area contributed by atoms with Crippen LogP contribution in [-0.4, -0.2) is 126 Å². The molecule has 0 bridgehead atoms. The number of benzene rings is 1. The molecule has 1 N–H and O–H groups in total. The predicted octanol–water partition coefficient (Wildman–Crippen LogP) is 4.99. The van der Waals surface area contributed by atoms with Gasteiger partial charge in [-0.05, 0) is 83.9 Å². The topological polar surface area (TPSA) is 124 Å². The zero-order valence-corrected chi connectivity index (χ0v) is 30.7. The maximum atomic E-state index is 14.7. The van der Waals surface area contributed by atoms with Gasteiger partial charge in [-0.25, -0.2) is 9.78 Å². The van der Waals surface area contributed by atoms with Crippen LogP contribution in [0.2, 0.25) is 0 Å². The molecular formula is C36H50F2N8O5. The third kappa shape index (κ3) is 7.54. The Morgan fingerprint density at radius 3 is 2.29 bits per heavy atom. The molecule has 1 spiro atoms. The van der Waals surface area contributed by atoms with Gasteiger partial charge in [-0.2, -0.15) is 13.8 Å². The third-order valence-electron chi connectivity index (χ3n) is 10.5. The SMILES string of the molecule is COc1cc(C(=O)N2CCC(N3CC4(CCN(C(=O)OC(C)(C)C)CC4)C3)CC2)ccc1Nc1ncc2c(n1)N(C(C)C)CC(F)(F)C(=O)N2C. The number of piperidine rings is 2. The van der Waals surface area contributed by atoms with E-state index in [0.717, 1.165) is 56.8 Å². The summed E-state index contributed by atoms with van der Waals surface area (Å²) >= 11 is 0. The highest BCUT2D eigenvalue weighted by atomic mass is 19.3. The fraction of sp³-hybridized carbons (Fsp3) is 0.639. The Labute approximate surface area is 298 Å². The van der Waals surface area contributed by atoms with E-state index in [1.165, 1.54) is 25.3 Å². The Morgan fingerprint density at radius 2 is 1.69 bits per heavy atom. The maximum absolute atomic E-state index is 14.7. The first-order valence-electron chi connectivity index (χ1n) is 17.8. The number of ether oxygens (including phenoxy) is 2. The van der Waals surface area contributed by atoms with E-state index >= 15 is 0 Å². The van der Waals surface area contributed by atoms with Crippen LogP contribution < -0.4 is 19.9 Å². The summed E-state index contributed by atoms with van der Waals surface area (Å²) in [6, 6.07) is 5.18. The molecular weight excluding hydrogens is 662 g/mol. The van der Waals surface area contributed by atoms with Crippen molar-refractivity contribution in [1.82, 2.24) is 24.7 Å². The van der Waals surface area contributed by atoms with E-state index in [-0.39, 0.29) is 40.9 Å². The second-order valence-corrected chi connectivity index (χ2v) is 15.6. The highest BCUT2D eigenvalue weighted by Crippen LogP contribution is 2.43. The van der Waals surface area contributed by atoms with Crippen LogP contribution in [0.3, 0.4) is 0 Å². The van der Waals surface area contributed by atoms with Crippen molar-refractivity contribution in [3.05, 3.63) is 30.0 Å². The highest BCUT2D eigenvalue weighted by Gasteiger charge is 2.49. The van der Waals surface area contributed by atoms with Gasteiger partial charge in [0.15, 0.2) is 5.82 Å². The van der Waals surface area contributed by atoms with Crippen molar-refractivity contribution in [2.45, 2.75) is 83.9 Å². The van der Waals surface area contributed by atoms with Crippen molar-refractivity contribution < 1.29 is 32.6 Å². The monoisotopic (exact) mass is 712 g/mol. The summed E-state index contributed by atoms with van der Waals surface area (Å²) < 4.78 is 40.6. The highest BCUT2D eigenvalue weighted by molar-refractivity contribution is 6.02. The first-order chi connectivity index (χ1) is 24.0. The maximum Gasteiger partial charge on any atom is 0.410 e. The van der Waals surface area contributed by atoms with Crippen LogP contribution in [0.15, 0.2) is 24.4 Å². The number of amides is 3. The number of likely N-dealkylation sites (tertiary alicyclic amines) is 3. The number of anilines is 4. The van der Waals surface area contributed by atoms with Crippen LogP contribution in [0, 0.1) is 5.41 Å². The molecule has 4 aliphatic heterocycles. The van der Waals surface area contributed by atoms with Gasteiger partial charge in [-0.3, -0.25) is 14.5 Å². The van der Waals surface area contributed by atoms with E-state index < -0.39 is 24.0 Å². The lowest BCUT2D eigenvalue weighted by molar-refractivity contribution is -0.140. The molecule has 0 radical (unpaired) electrons. The molecule has 51 heavy (non-hydrogen) atoms. The summed E-state index contributed by atoms with van der Waals surface area (Å²) in [6.07, 6.45) is 4.90. The number of methoxy groups -OCH3 is 1. The normalized spacial score (nSPS) is 20.9. The molecule has 15 heteroatoms. The largest absolute Gasteiger partial charge is 0.495 e. The molecule has 3 saturated heterocycles. The minimum Gasteiger partial charge on any atom is -0.495 e. The Kier molecular flexibility index (Phi) is 9.81. The number of nitrogens with one attached hydrogen (secondary N) is 1. The lowest BCUT2D eigenvalue weighted by atomic mass is 9.71. The van der Waals surface area contributed by atoms with E-state index in [1.54, 1.807) is 32.0 Å². The third-order valence-corrected chi connectivity index (χ3v) is 10.5. The molecule has 2 aromatic rings. The number of hydrogen-bond donors (Lipinski definition) is 1. The van der Waals surface area contributed by atoms with Crippen molar-refractivity contribution in [3.8, 4) is 5.75 Å². The van der Waals surface area contributed by atoms with E-state index in [1.807, 2.05) is 30.6 Å². The molecule has 1 aromatic heterocycles. The molecule has 0 unspecified atom stereocenters. The van der Waals surface area contributed by atoms with Crippen LogP contribution in [0.5, 0.6) is 5.75 Å². The molecule has 4 aliphatic rings. The number of nitrogens with zero attached hydrogens (tertiary/aromatic N) is 7. The lowest BCUT2D eigenvalue weighted by Crippen LogP contribution is -2.64. The molecule has 3 amide bonds. The van der Waals surface area contributed by atoms with Gasteiger partial charge >= 0.3 is 12.0 Å². The number of hydrogen-bond acceptors (Lipinski definition) is 10. The quantitative estimate of drug-likeness (QED) is 0.438. The van der Waals surface area contributed by atoms with Gasteiger partial charge in [-0.1, -0.05) is 0 Å². The van der Waals surface area contributed by atoms with Crippen molar-refractivity contribution >= 4 is 41.0 Å². The Balaban J connectivity index is 1.04. The van der Waals surface area contributed by atoms with Gasteiger partial charge in [-0.15, -0.1) is 0 Å². The zero-order valence-electron chi connectivity index (χ0n) is 30.7. The minimum atomic E-state index is -3.59. The van der Waals surface area contributed by atoms with Crippen LogP contribution in [0.1, 0.15) is 70.7 Å². The van der Waals surface area contributed by atoms with Crippen molar-refractivity contribution in [2.24, 2.45) is 5.41 Å². The molecule has 0 saturated carbocycles. The molecule has 0 aliphatic carbocycles. The van der Waals surface area contributed by atoms with Gasteiger partial charge in [0.05, 0.1) is 25.5 Å². The number of carbonyl (C=O) groups excluding carboxylic acids is 3. The van der Waals surface area contributed by atoms with Gasteiger partial charge in [0.2, 0.25) is 5.95 Å². The zero-order chi connectivity index (χ0) is 36.9. The fourth-order valence-electron chi connectivity index (χ4n) is 7.56. The van der Waals surface area contributed by atoms with E-state index in [0.29, 0.717) is 36.1 Å². The first kappa shape index (κ1) is 36.5. The summed E-state index contributed by atoms with van der Waals surface area (Å²) in [5.74, 6) is -4.23. The summed E-state index contributed by atoms with van der Waals surface area (Å²) in [4.78, 5) is 55.9. The summed E-state index contributed by atoms with van der Waals surface area (Å²) in [5.41, 5.74) is 0.941. The van der Waals surface area contributed by atoms with E-state index in [9.17, 15) is 23.2 Å². The van der Waals surface area contributed by atoms with Crippen LogP contribution in [-0.2, 0) is 9.53 Å². The average molecular weight is 713 g/mol. The molecule has 1 aromatic carbocycles. The fourth-order valence-corrected chi connectivity index (χ4v) is 7.56. The smallest absolute Gasteiger partial charge is 0.410 e. The summed E-state index contributed by atoms with van der Waals surface area (Å²) in [7, 11) is 2.79. The van der Waals surface area contributed by atoms with E-state index in [4.69, 9.17) is 9.47 Å². The molecule has 278 valence electrons. The van der Waals surface area contributed by atoms with Gasteiger partial charge in [0.1, 0.15) is 17.0 Å². The number of halogens is 2. The number of fused-ring (bicyclic) bond motifs is 1. The minimum absolute atomic E-state index is 0.0737. The molecule has 13 nitrogen and oxygen atoms in total. The Hall–Kier alpha value is -4.27. The van der Waals surface area contributed by atoms with Crippen molar-refractivity contribution in [1.29, 1.82) is 0 Å². The van der Waals surface area contributed by atoms with Gasteiger partial charge in [0.25, 0.3) is 11.8 Å². The van der Waals surface area contributed by atoms with Crippen molar-refractivity contribution in [2.75, 3.05) is 75.1 Å². The van der Waals surface area contributed by atoms with Crippen molar-refractivity contribution in [3.63, 3.8) is 0 Å². The van der Waals surface area contributed by atoms with E-state index in [2.05, 4.69) is 20.2 Å². The van der Waals surface area contributed by atoms with Gasteiger partial charge in [0, 0.05) is 64.0 Å². The molecule has 5 heterocycles. The van der Waals surface area contributed by atoms with Crippen LogP contribution in [0.25, 0.3) is 0 Å². The number of aromatic nitrogens is 2. The lowest BCUT2D eigenvalue weighted by Gasteiger charge is -2.57. The number of carbonyl (C=O) groups is 3. The first-order valence-corrected chi connectivity index (χ1v) is 17.8. The predicted molar refractivity (Wildman–Crippen MR) is 189 cm³/mol. The standard InChI is InChI=1S/C36H50F2N8O5/c1-23(2)46-22-36(37,38)31(48)42(6)27-19-39-32(41-29(27)46)40-26-9-8-24(18-28(26)50-7)30(47)43-14-10-25(11-15-43)45-20-35(21-45)12-16-44(17-13-35)33(49)51-34(3,4)5/h8-9,18-19,23,25H,10-17,20-22H2,1-7H3,(H,39,40,41). The Morgan fingerprint density at radius 1 is 1.02 bits per heavy atom. The molecule has 3 fully saturated rings. The second-order valence-electron chi connectivity index (χ2n) is 15.6. The summed E-state index contributed by atoms with van der Waals surface area (Å²) in [6.45, 7) is 13.2. The van der Waals surface area contributed by atoms with Crippen LogP contribution in [0.4, 0.5) is 36.7 Å². The second kappa shape index (κ2) is 13.7. The summed E-state index contributed by atoms with van der Waals surface area (Å²) in [5, 5.41) is 3.10. The van der Waals surface area contributed by atoms with Gasteiger partial charge < -0.3 is 34.4 Å². The average Bonchev–Trinajstić information content (AvgIpc) is 3.14. The number of rotatable bonds is 6. The molecule has 6 rings (SSSR count). The van der Waals surface area contributed by atoms with Crippen LogP contribution >= 0.6 is 0 Å².